The van der Waals surface area contributed by atoms with Gasteiger partial charge in [-0.15, -0.1) is 0 Å². The minimum atomic E-state index is -0.842. The molecular formula is C9H18O4. The number of ether oxygens (including phenoxy) is 2. The maximum atomic E-state index is 9.21. The van der Waals surface area contributed by atoms with Gasteiger partial charge in [-0.25, -0.2) is 0 Å². The van der Waals surface area contributed by atoms with Crippen molar-refractivity contribution in [3.05, 3.63) is 0 Å². The summed E-state index contributed by atoms with van der Waals surface area (Å²) in [7, 11) is 0. The average molecular weight is 190 g/mol. The standard InChI is InChI=1S/C9H18O4/c1-7(2)12-8(3,5-10)9(4,6-11)13-7/h10-11H,5-6H2,1-4H3. The van der Waals surface area contributed by atoms with Gasteiger partial charge in [0.15, 0.2) is 5.79 Å². The molecule has 2 N–H and O–H groups in total. The summed E-state index contributed by atoms with van der Waals surface area (Å²) in [5.41, 5.74) is -1.68. The molecule has 1 aliphatic rings. The lowest BCUT2D eigenvalue weighted by molar-refractivity contribution is -0.172. The van der Waals surface area contributed by atoms with Gasteiger partial charge < -0.3 is 19.7 Å². The summed E-state index contributed by atoms with van der Waals surface area (Å²) in [5.74, 6) is -0.755. The van der Waals surface area contributed by atoms with Gasteiger partial charge in [-0.2, -0.15) is 0 Å². The Morgan fingerprint density at radius 1 is 0.846 bits per heavy atom. The Hall–Kier alpha value is -0.160. The molecule has 1 fully saturated rings. The Kier molecular flexibility index (Phi) is 2.45. The van der Waals surface area contributed by atoms with E-state index in [0.29, 0.717) is 0 Å². The van der Waals surface area contributed by atoms with Crippen LogP contribution in [0.2, 0.25) is 0 Å². The monoisotopic (exact) mass is 190 g/mol. The van der Waals surface area contributed by atoms with Gasteiger partial charge in [-0.3, -0.25) is 0 Å². The number of hydrogen-bond acceptors (Lipinski definition) is 4. The third kappa shape index (κ3) is 1.59. The van der Waals surface area contributed by atoms with Crippen LogP contribution in [0.5, 0.6) is 0 Å². The quantitative estimate of drug-likeness (QED) is 0.656. The van der Waals surface area contributed by atoms with Crippen molar-refractivity contribution in [1.29, 1.82) is 0 Å². The van der Waals surface area contributed by atoms with Crippen LogP contribution < -0.4 is 0 Å². The number of aliphatic hydroxyl groups excluding tert-OH is 2. The van der Waals surface area contributed by atoms with Crippen LogP contribution in [-0.2, 0) is 9.47 Å². The van der Waals surface area contributed by atoms with Gasteiger partial charge in [0.05, 0.1) is 13.2 Å². The molecule has 0 radical (unpaired) electrons. The summed E-state index contributed by atoms with van der Waals surface area (Å²) < 4.78 is 11.1. The Labute approximate surface area is 78.5 Å². The van der Waals surface area contributed by atoms with Crippen molar-refractivity contribution in [2.24, 2.45) is 0 Å². The molecule has 4 heteroatoms. The first-order valence-corrected chi connectivity index (χ1v) is 4.41. The molecule has 13 heavy (non-hydrogen) atoms. The van der Waals surface area contributed by atoms with Gasteiger partial charge in [0, 0.05) is 0 Å². The van der Waals surface area contributed by atoms with Crippen molar-refractivity contribution < 1.29 is 19.7 Å². The molecule has 4 nitrogen and oxygen atoms in total. The lowest BCUT2D eigenvalue weighted by Gasteiger charge is -2.34. The zero-order valence-corrected chi connectivity index (χ0v) is 8.63. The van der Waals surface area contributed by atoms with Gasteiger partial charge in [0.2, 0.25) is 0 Å². The van der Waals surface area contributed by atoms with E-state index in [1.807, 2.05) is 0 Å². The minimum absolute atomic E-state index is 0.173. The molecule has 78 valence electrons. The van der Waals surface area contributed by atoms with E-state index in [1.54, 1.807) is 27.7 Å². The van der Waals surface area contributed by atoms with Crippen LogP contribution >= 0.6 is 0 Å². The van der Waals surface area contributed by atoms with E-state index in [9.17, 15) is 10.2 Å². The van der Waals surface area contributed by atoms with Crippen molar-refractivity contribution in [1.82, 2.24) is 0 Å². The molecule has 0 bridgehead atoms. The van der Waals surface area contributed by atoms with Crippen LogP contribution in [0.25, 0.3) is 0 Å². The molecule has 2 atom stereocenters. The summed E-state index contributed by atoms with van der Waals surface area (Å²) in [6.45, 7) is 6.65. The Morgan fingerprint density at radius 2 is 1.15 bits per heavy atom. The highest BCUT2D eigenvalue weighted by Gasteiger charge is 2.57. The fourth-order valence-electron chi connectivity index (χ4n) is 1.72. The highest BCUT2D eigenvalue weighted by Crippen LogP contribution is 2.43. The van der Waals surface area contributed by atoms with Crippen LogP contribution in [-0.4, -0.2) is 40.4 Å². The van der Waals surface area contributed by atoms with Crippen LogP contribution in [0.1, 0.15) is 27.7 Å². The molecule has 0 aromatic heterocycles. The van der Waals surface area contributed by atoms with Crippen LogP contribution in [0.4, 0.5) is 0 Å². The number of hydrogen-bond donors (Lipinski definition) is 2. The molecule has 1 aliphatic heterocycles. The van der Waals surface area contributed by atoms with Crippen molar-refractivity contribution in [2.75, 3.05) is 13.2 Å². The van der Waals surface area contributed by atoms with E-state index in [2.05, 4.69) is 0 Å². The molecule has 1 rings (SSSR count). The molecule has 1 saturated heterocycles. The summed E-state index contributed by atoms with van der Waals surface area (Å²) in [6, 6.07) is 0. The smallest absolute Gasteiger partial charge is 0.164 e. The highest BCUT2D eigenvalue weighted by molar-refractivity contribution is 5.02. The molecule has 0 aromatic carbocycles. The Balaban J connectivity index is 2.97. The van der Waals surface area contributed by atoms with Crippen LogP contribution in [0.15, 0.2) is 0 Å². The van der Waals surface area contributed by atoms with E-state index in [4.69, 9.17) is 9.47 Å². The summed E-state index contributed by atoms with van der Waals surface area (Å²) >= 11 is 0. The first kappa shape index (κ1) is 10.9. The molecule has 0 aromatic rings. The SMILES string of the molecule is CC1(C)OC(C)(CO)C(C)(CO)O1. The minimum Gasteiger partial charge on any atom is -0.393 e. The van der Waals surface area contributed by atoms with Gasteiger partial charge in [-0.05, 0) is 27.7 Å². The van der Waals surface area contributed by atoms with E-state index in [0.717, 1.165) is 0 Å². The normalized spacial score (nSPS) is 43.8. The number of rotatable bonds is 2. The molecule has 0 aliphatic carbocycles. The van der Waals surface area contributed by atoms with Crippen molar-refractivity contribution >= 4 is 0 Å². The molecule has 0 amide bonds. The molecular weight excluding hydrogens is 172 g/mol. The second-order valence-corrected chi connectivity index (χ2v) is 4.38. The maximum Gasteiger partial charge on any atom is 0.164 e. The van der Waals surface area contributed by atoms with Gasteiger partial charge >= 0.3 is 0 Å². The molecule has 2 unspecified atom stereocenters. The summed E-state index contributed by atoms with van der Waals surface area (Å²) in [5, 5.41) is 18.4. The first-order valence-electron chi connectivity index (χ1n) is 4.41. The summed E-state index contributed by atoms with van der Waals surface area (Å²) in [6.07, 6.45) is 0. The summed E-state index contributed by atoms with van der Waals surface area (Å²) in [4.78, 5) is 0. The fraction of sp³-hybridized carbons (Fsp3) is 1.00. The molecule has 1 heterocycles. The van der Waals surface area contributed by atoms with Gasteiger partial charge in [0.25, 0.3) is 0 Å². The highest BCUT2D eigenvalue weighted by atomic mass is 16.8. The molecule has 0 spiro atoms. The zero-order valence-electron chi connectivity index (χ0n) is 8.63. The van der Waals surface area contributed by atoms with Crippen molar-refractivity contribution in [3.8, 4) is 0 Å². The topological polar surface area (TPSA) is 58.9 Å². The van der Waals surface area contributed by atoms with Gasteiger partial charge in [-0.1, -0.05) is 0 Å². The van der Waals surface area contributed by atoms with E-state index >= 15 is 0 Å². The van der Waals surface area contributed by atoms with Gasteiger partial charge in [0.1, 0.15) is 11.2 Å². The first-order chi connectivity index (χ1) is 5.79. The third-order valence-corrected chi connectivity index (χ3v) is 2.66. The zero-order chi connectivity index (χ0) is 10.3. The molecule has 0 saturated carbocycles. The average Bonchev–Trinajstić information content (AvgIpc) is 2.19. The third-order valence-electron chi connectivity index (χ3n) is 2.66. The largest absolute Gasteiger partial charge is 0.393 e. The lowest BCUT2D eigenvalue weighted by atomic mass is 9.87. The van der Waals surface area contributed by atoms with Crippen LogP contribution in [0, 0.1) is 0 Å². The second-order valence-electron chi connectivity index (χ2n) is 4.38. The van der Waals surface area contributed by atoms with E-state index in [1.165, 1.54) is 0 Å². The number of aliphatic hydroxyl groups is 2. The van der Waals surface area contributed by atoms with E-state index < -0.39 is 17.0 Å². The van der Waals surface area contributed by atoms with Crippen molar-refractivity contribution in [3.63, 3.8) is 0 Å². The Morgan fingerprint density at radius 3 is 1.38 bits per heavy atom. The lowest BCUT2D eigenvalue weighted by Crippen LogP contribution is -2.52. The second kappa shape index (κ2) is 2.92. The Bertz CT molecular complexity index is 184. The predicted octanol–water partition coefficient (Wildman–Crippen LogP) is 0.271. The predicted molar refractivity (Wildman–Crippen MR) is 47.2 cm³/mol. The maximum absolute atomic E-state index is 9.21. The van der Waals surface area contributed by atoms with Crippen molar-refractivity contribution in [2.45, 2.75) is 44.7 Å². The van der Waals surface area contributed by atoms with Crippen LogP contribution in [0.3, 0.4) is 0 Å². The van der Waals surface area contributed by atoms with E-state index in [-0.39, 0.29) is 13.2 Å². The fourth-order valence-corrected chi connectivity index (χ4v) is 1.72.